The van der Waals surface area contributed by atoms with Gasteiger partial charge in [0.05, 0.1) is 17.2 Å². The van der Waals surface area contributed by atoms with E-state index in [2.05, 4.69) is 4.98 Å². The van der Waals surface area contributed by atoms with Gasteiger partial charge in [-0.05, 0) is 54.0 Å². The molecule has 0 saturated heterocycles. The first-order chi connectivity index (χ1) is 18.4. The summed E-state index contributed by atoms with van der Waals surface area (Å²) < 4.78 is 0. The zero-order chi connectivity index (χ0) is 28.0. The van der Waals surface area contributed by atoms with Crippen LogP contribution in [0.2, 0.25) is 0 Å². The maximum Gasteiger partial charge on any atom is 0.235 e. The van der Waals surface area contributed by atoms with Crippen molar-refractivity contribution in [2.75, 3.05) is 0 Å². The van der Waals surface area contributed by atoms with Crippen LogP contribution >= 0.6 is 0 Å². The number of amides is 1. The fraction of sp³-hybridized carbons (Fsp3) is 0.367. The topological polar surface area (TPSA) is 168 Å². The predicted molar refractivity (Wildman–Crippen MR) is 140 cm³/mol. The molecule has 0 radical (unpaired) electrons. The van der Waals surface area contributed by atoms with Gasteiger partial charge in [-0.25, -0.2) is 0 Å². The van der Waals surface area contributed by atoms with Crippen molar-refractivity contribution >= 4 is 39.9 Å². The zero-order valence-electron chi connectivity index (χ0n) is 21.5. The molecule has 9 heteroatoms. The van der Waals surface area contributed by atoms with Crippen molar-refractivity contribution in [1.29, 1.82) is 0 Å². The molecule has 1 aromatic heterocycles. The normalized spacial score (nSPS) is 28.4. The Bertz CT molecular complexity index is 1600. The smallest absolute Gasteiger partial charge is 0.235 e. The molecule has 200 valence electrons. The largest absolute Gasteiger partial charge is 0.506 e. The summed E-state index contributed by atoms with van der Waals surface area (Å²) in [5, 5.41) is 23.8. The number of phenols is 1. The van der Waals surface area contributed by atoms with Crippen molar-refractivity contribution in [2.45, 2.75) is 44.6 Å². The van der Waals surface area contributed by atoms with E-state index in [-0.39, 0.29) is 36.5 Å². The zero-order valence-corrected chi connectivity index (χ0v) is 21.5. The second-order valence-electron chi connectivity index (χ2n) is 11.4. The number of rotatable bonds is 3. The summed E-state index contributed by atoms with van der Waals surface area (Å²) in [5.74, 6) is -10.1. The first kappa shape index (κ1) is 25.2. The Morgan fingerprint density at radius 3 is 2.46 bits per heavy atom. The molecule has 5 N–H and O–H groups in total. The van der Waals surface area contributed by atoms with E-state index < -0.39 is 58.3 Å². The molecule has 6 rings (SSSR count). The highest BCUT2D eigenvalue weighted by Crippen LogP contribution is 2.52. The van der Waals surface area contributed by atoms with Gasteiger partial charge in [0, 0.05) is 28.8 Å². The third-order valence-corrected chi connectivity index (χ3v) is 8.88. The lowest BCUT2D eigenvalue weighted by molar-refractivity contribution is -0.175. The van der Waals surface area contributed by atoms with Crippen LogP contribution in [0.25, 0.3) is 22.2 Å². The van der Waals surface area contributed by atoms with Crippen LogP contribution in [-0.2, 0) is 25.6 Å². The molecule has 3 aromatic rings. The Labute approximate surface area is 223 Å². The van der Waals surface area contributed by atoms with Gasteiger partial charge in [-0.15, -0.1) is 0 Å². The number of H-pyrrole nitrogens is 1. The highest BCUT2D eigenvalue weighted by Gasteiger charge is 2.66. The molecule has 3 aliphatic carbocycles. The maximum absolute atomic E-state index is 14.0. The molecule has 1 amide bonds. The Hall–Kier alpha value is -4.11. The highest BCUT2D eigenvalue weighted by molar-refractivity contribution is 6.31. The van der Waals surface area contributed by atoms with E-state index in [4.69, 9.17) is 5.73 Å². The monoisotopic (exact) mass is 528 g/mol. The number of nitrogens with two attached hydrogens (primary N) is 1. The second-order valence-corrected chi connectivity index (χ2v) is 11.4. The molecule has 2 saturated carbocycles. The standard InChI is InChI=1S/C30H28N2O7/c1-12(2)16-11-18(20-9-13-5-3-4-6-19(13)32-20)25(34)23-17(16)8-14-7-15-10-21(33)24(29(31)38)28(37)30(15,39)27(36)22(14)26(23)35/h3-6,9,11-12,14-15,22,24,32,34,39H,7-8,10H2,1-2H3,(H2,31,38)/t14-,15+,22?,24?,30+/m1/s1. The first-order valence-electron chi connectivity index (χ1n) is 13.1. The van der Waals surface area contributed by atoms with E-state index in [9.17, 15) is 34.2 Å². The summed E-state index contributed by atoms with van der Waals surface area (Å²) in [6.07, 6.45) is -0.0175. The molecule has 3 aliphatic rings. The molecule has 1 heterocycles. The number of aliphatic hydroxyl groups is 1. The number of para-hydroxylation sites is 1. The highest BCUT2D eigenvalue weighted by atomic mass is 16.3. The van der Waals surface area contributed by atoms with Crippen LogP contribution in [0.1, 0.15) is 54.1 Å². The van der Waals surface area contributed by atoms with Crippen LogP contribution in [0.15, 0.2) is 36.4 Å². The molecule has 2 fully saturated rings. The fourth-order valence-corrected chi connectivity index (χ4v) is 7.00. The second kappa shape index (κ2) is 8.44. The SMILES string of the molecule is CC(C)c1cc(-c2cc3ccccc3[nH]2)c(O)c2c1C[C@H]1C[C@H]3CC(=O)C(C(N)=O)C(=O)[C@@]3(O)C(=O)C1C2=O. The van der Waals surface area contributed by atoms with E-state index in [0.717, 1.165) is 16.5 Å². The van der Waals surface area contributed by atoms with Crippen molar-refractivity contribution in [3.05, 3.63) is 53.1 Å². The van der Waals surface area contributed by atoms with Gasteiger partial charge in [0.1, 0.15) is 5.75 Å². The van der Waals surface area contributed by atoms with Gasteiger partial charge in [0.2, 0.25) is 5.91 Å². The van der Waals surface area contributed by atoms with E-state index in [1.165, 1.54) is 0 Å². The quantitative estimate of drug-likeness (QED) is 0.379. The molecule has 2 aromatic carbocycles. The number of aromatic amines is 1. The Morgan fingerprint density at radius 1 is 1.08 bits per heavy atom. The van der Waals surface area contributed by atoms with Crippen LogP contribution < -0.4 is 5.73 Å². The number of carbonyl (C=O) groups excluding carboxylic acids is 5. The number of hydrogen-bond acceptors (Lipinski definition) is 7. The van der Waals surface area contributed by atoms with Gasteiger partial charge in [-0.1, -0.05) is 32.0 Å². The number of Topliss-reactive ketones (excluding diaryl/α,β-unsaturated/α-hetero) is 4. The molecule has 5 atom stereocenters. The van der Waals surface area contributed by atoms with Crippen LogP contribution in [0.4, 0.5) is 0 Å². The van der Waals surface area contributed by atoms with Gasteiger partial charge in [-0.3, -0.25) is 24.0 Å². The number of primary amides is 1. The van der Waals surface area contributed by atoms with Crippen LogP contribution in [0, 0.1) is 23.7 Å². The maximum atomic E-state index is 14.0. The molecule has 2 unspecified atom stereocenters. The number of nitrogens with one attached hydrogen (secondary N) is 1. The summed E-state index contributed by atoms with van der Waals surface area (Å²) in [7, 11) is 0. The van der Waals surface area contributed by atoms with Crippen molar-refractivity contribution in [3.63, 3.8) is 0 Å². The van der Waals surface area contributed by atoms with Crippen LogP contribution in [-0.4, -0.2) is 49.8 Å². The van der Waals surface area contributed by atoms with Crippen molar-refractivity contribution in [3.8, 4) is 17.0 Å². The third-order valence-electron chi connectivity index (χ3n) is 8.88. The number of benzene rings is 2. The van der Waals surface area contributed by atoms with Gasteiger partial charge >= 0.3 is 0 Å². The number of hydrogen-bond donors (Lipinski definition) is 4. The minimum absolute atomic E-state index is 0.0114. The molecule has 0 aliphatic heterocycles. The summed E-state index contributed by atoms with van der Waals surface area (Å²) in [4.78, 5) is 68.6. The van der Waals surface area contributed by atoms with Crippen molar-refractivity contribution in [1.82, 2.24) is 4.98 Å². The van der Waals surface area contributed by atoms with Gasteiger partial charge < -0.3 is 20.9 Å². The van der Waals surface area contributed by atoms with Crippen molar-refractivity contribution < 1.29 is 34.2 Å². The Morgan fingerprint density at radius 2 is 1.79 bits per heavy atom. The minimum Gasteiger partial charge on any atom is -0.506 e. The summed E-state index contributed by atoms with van der Waals surface area (Å²) in [5.41, 5.74) is 5.96. The summed E-state index contributed by atoms with van der Waals surface area (Å²) in [6.45, 7) is 3.96. The molecule has 0 bridgehead atoms. The predicted octanol–water partition coefficient (Wildman–Crippen LogP) is 2.60. The summed E-state index contributed by atoms with van der Waals surface area (Å²) >= 11 is 0. The Kier molecular flexibility index (Phi) is 5.45. The molecule has 9 nitrogen and oxygen atoms in total. The fourth-order valence-electron chi connectivity index (χ4n) is 7.00. The van der Waals surface area contributed by atoms with E-state index >= 15 is 0 Å². The number of ketones is 4. The van der Waals surface area contributed by atoms with E-state index in [1.54, 1.807) is 0 Å². The number of carbonyl (C=O) groups is 5. The number of fused-ring (bicyclic) bond motifs is 4. The molecule has 39 heavy (non-hydrogen) atoms. The van der Waals surface area contributed by atoms with Crippen LogP contribution in [0.3, 0.4) is 0 Å². The average Bonchev–Trinajstić information content (AvgIpc) is 3.30. The lowest BCUT2D eigenvalue weighted by Gasteiger charge is -2.48. The van der Waals surface area contributed by atoms with E-state index in [0.29, 0.717) is 16.8 Å². The number of aromatic nitrogens is 1. The minimum atomic E-state index is -2.66. The molecular formula is C30H28N2O7. The number of aromatic hydroxyl groups is 1. The summed E-state index contributed by atoms with van der Waals surface area (Å²) in [6, 6.07) is 11.3. The van der Waals surface area contributed by atoms with Crippen LogP contribution in [0.5, 0.6) is 5.75 Å². The van der Waals surface area contributed by atoms with Gasteiger partial charge in [-0.2, -0.15) is 0 Å². The lowest BCUT2D eigenvalue weighted by Crippen LogP contribution is -2.68. The number of phenolic OH excluding ortho intramolecular Hbond substituents is 1. The first-order valence-corrected chi connectivity index (χ1v) is 13.1. The third kappa shape index (κ3) is 3.39. The molecular weight excluding hydrogens is 500 g/mol. The van der Waals surface area contributed by atoms with Gasteiger partial charge in [0.25, 0.3) is 0 Å². The van der Waals surface area contributed by atoms with E-state index in [1.807, 2.05) is 50.2 Å². The lowest BCUT2D eigenvalue weighted by atomic mass is 9.53. The Balaban J connectivity index is 1.50. The molecule has 0 spiro atoms. The van der Waals surface area contributed by atoms with Gasteiger partial charge in [0.15, 0.2) is 34.7 Å². The van der Waals surface area contributed by atoms with Crippen molar-refractivity contribution in [2.24, 2.45) is 29.4 Å². The average molecular weight is 529 g/mol.